The number of carbonyl (C=O) groups is 4. The summed E-state index contributed by atoms with van der Waals surface area (Å²) in [4.78, 5) is 57.9. The number of amides is 2. The molecule has 2 atom stereocenters. The minimum Gasteiger partial charge on any atom is -0.314 e. The van der Waals surface area contributed by atoms with Crippen LogP contribution in [0.3, 0.4) is 0 Å². The fourth-order valence-corrected chi connectivity index (χ4v) is 5.35. The third-order valence-corrected chi connectivity index (χ3v) is 7.31. The highest BCUT2D eigenvalue weighted by molar-refractivity contribution is 6.25. The van der Waals surface area contributed by atoms with Crippen molar-refractivity contribution in [2.24, 2.45) is 11.8 Å². The van der Waals surface area contributed by atoms with E-state index in [4.69, 9.17) is 0 Å². The highest BCUT2D eigenvalue weighted by Gasteiger charge is 2.52. The van der Waals surface area contributed by atoms with Gasteiger partial charge in [0.05, 0.1) is 11.4 Å². The average Bonchev–Trinajstić information content (AvgIpc) is 2.90. The zero-order valence-corrected chi connectivity index (χ0v) is 19.9. The summed E-state index contributed by atoms with van der Waals surface area (Å²) in [5.41, 5.74) is 3.60. The van der Waals surface area contributed by atoms with Gasteiger partial charge < -0.3 is 9.80 Å². The predicted octanol–water partition coefficient (Wildman–Crippen LogP) is 4.28. The van der Waals surface area contributed by atoms with E-state index in [9.17, 15) is 19.2 Å². The number of para-hydroxylation sites is 2. The summed E-state index contributed by atoms with van der Waals surface area (Å²) >= 11 is 0. The molecule has 35 heavy (non-hydrogen) atoms. The summed E-state index contributed by atoms with van der Waals surface area (Å²) in [5, 5.41) is 0. The molecule has 0 aromatic heterocycles. The Bertz CT molecular complexity index is 1280. The largest absolute Gasteiger partial charge is 0.314 e. The van der Waals surface area contributed by atoms with Crippen molar-refractivity contribution in [3.8, 4) is 0 Å². The van der Waals surface area contributed by atoms with E-state index in [0.717, 1.165) is 12.0 Å². The van der Waals surface area contributed by atoms with E-state index in [-0.39, 0.29) is 11.6 Å². The minimum atomic E-state index is -1.20. The number of hydrogen-bond donors (Lipinski definition) is 0. The van der Waals surface area contributed by atoms with Crippen molar-refractivity contribution < 1.29 is 19.2 Å². The van der Waals surface area contributed by atoms with Crippen LogP contribution in [0.1, 0.15) is 44.7 Å². The standard InChI is InChI=1S/C29H26N2O4/c1-4-17-13-15-18(16-14-17)23(24-26(32)19-9-5-7-11-21(19)30(2)28(24)34)25-27(33)20-10-6-8-12-22(20)31(3)29(25)35/h5-16,23-25H,4H2,1-3H3. The Kier molecular flexibility index (Phi) is 5.59. The van der Waals surface area contributed by atoms with Crippen LogP contribution in [0.25, 0.3) is 0 Å². The Morgan fingerprint density at radius 3 is 1.51 bits per heavy atom. The van der Waals surface area contributed by atoms with Crippen LogP contribution in [0.15, 0.2) is 72.8 Å². The van der Waals surface area contributed by atoms with E-state index in [0.29, 0.717) is 28.1 Å². The Hall–Kier alpha value is -4.06. The van der Waals surface area contributed by atoms with Gasteiger partial charge in [0, 0.05) is 31.1 Å². The normalized spacial score (nSPS) is 20.5. The molecular formula is C29H26N2O4. The van der Waals surface area contributed by atoms with Gasteiger partial charge in [-0.3, -0.25) is 19.2 Å². The first-order chi connectivity index (χ1) is 16.8. The molecule has 2 amide bonds. The molecule has 3 aromatic carbocycles. The number of rotatable bonds is 4. The number of carbonyl (C=O) groups excluding carboxylic acids is 4. The van der Waals surface area contributed by atoms with Gasteiger partial charge in [-0.05, 0) is 41.8 Å². The maximum atomic E-state index is 13.8. The quantitative estimate of drug-likeness (QED) is 0.538. The lowest BCUT2D eigenvalue weighted by Crippen LogP contribution is -2.52. The number of hydrogen-bond acceptors (Lipinski definition) is 4. The van der Waals surface area contributed by atoms with Crippen LogP contribution in [0.5, 0.6) is 0 Å². The number of ketones is 2. The van der Waals surface area contributed by atoms with E-state index in [1.807, 2.05) is 31.2 Å². The molecule has 0 N–H and O–H groups in total. The number of aryl methyl sites for hydroxylation is 1. The molecule has 0 fully saturated rings. The highest BCUT2D eigenvalue weighted by atomic mass is 16.2. The molecule has 3 aromatic rings. The SMILES string of the molecule is CCc1ccc(C(C2C(=O)c3ccccc3N(C)C2=O)C2C(=O)c3ccccc3N(C)C2=O)cc1. The van der Waals surface area contributed by atoms with Gasteiger partial charge in [-0.2, -0.15) is 0 Å². The van der Waals surface area contributed by atoms with Crippen molar-refractivity contribution in [3.05, 3.63) is 95.1 Å². The van der Waals surface area contributed by atoms with Crippen LogP contribution in [0.2, 0.25) is 0 Å². The fraction of sp³-hybridized carbons (Fsp3) is 0.241. The highest BCUT2D eigenvalue weighted by Crippen LogP contribution is 2.45. The topological polar surface area (TPSA) is 74.8 Å². The Balaban J connectivity index is 1.71. The third-order valence-electron chi connectivity index (χ3n) is 7.31. The predicted molar refractivity (Wildman–Crippen MR) is 134 cm³/mol. The summed E-state index contributed by atoms with van der Waals surface area (Å²) in [6, 6.07) is 21.4. The molecule has 0 saturated carbocycles. The first-order valence-electron chi connectivity index (χ1n) is 11.8. The summed E-state index contributed by atoms with van der Waals surface area (Å²) in [6.45, 7) is 2.03. The number of anilines is 2. The van der Waals surface area contributed by atoms with E-state index >= 15 is 0 Å². The second-order valence-corrected chi connectivity index (χ2v) is 9.13. The smallest absolute Gasteiger partial charge is 0.238 e. The molecule has 2 aliphatic heterocycles. The number of Topliss-reactive ketones (excluding diaryl/α,β-unsaturated/α-hetero) is 2. The maximum absolute atomic E-state index is 13.8. The van der Waals surface area contributed by atoms with Crippen LogP contribution in [-0.2, 0) is 16.0 Å². The molecule has 0 bridgehead atoms. The first kappa shape index (κ1) is 22.7. The first-order valence-corrected chi connectivity index (χ1v) is 11.8. The van der Waals surface area contributed by atoms with Crippen molar-refractivity contribution in [2.75, 3.05) is 23.9 Å². The molecule has 2 heterocycles. The average molecular weight is 467 g/mol. The van der Waals surface area contributed by atoms with Gasteiger partial charge in [0.1, 0.15) is 11.8 Å². The van der Waals surface area contributed by atoms with Gasteiger partial charge in [-0.15, -0.1) is 0 Å². The molecule has 6 heteroatoms. The molecule has 0 spiro atoms. The van der Waals surface area contributed by atoms with Gasteiger partial charge >= 0.3 is 0 Å². The van der Waals surface area contributed by atoms with Crippen LogP contribution in [0, 0.1) is 11.8 Å². The molecule has 0 aliphatic carbocycles. The van der Waals surface area contributed by atoms with Gasteiger partial charge in [0.2, 0.25) is 11.8 Å². The molecule has 6 nitrogen and oxygen atoms in total. The van der Waals surface area contributed by atoms with E-state index in [1.165, 1.54) is 9.80 Å². The van der Waals surface area contributed by atoms with Gasteiger partial charge in [-0.25, -0.2) is 0 Å². The number of nitrogens with zero attached hydrogens (tertiary/aromatic N) is 2. The van der Waals surface area contributed by atoms with E-state index in [2.05, 4.69) is 0 Å². The zero-order valence-electron chi connectivity index (χ0n) is 19.9. The monoisotopic (exact) mass is 466 g/mol. The number of benzene rings is 3. The summed E-state index contributed by atoms with van der Waals surface area (Å²) in [6.07, 6.45) is 0.819. The zero-order chi connectivity index (χ0) is 24.9. The van der Waals surface area contributed by atoms with Crippen LogP contribution in [0.4, 0.5) is 11.4 Å². The molecule has 2 unspecified atom stereocenters. The van der Waals surface area contributed by atoms with Crippen molar-refractivity contribution >= 4 is 34.8 Å². The van der Waals surface area contributed by atoms with Crippen molar-refractivity contribution in [2.45, 2.75) is 19.3 Å². The van der Waals surface area contributed by atoms with Crippen molar-refractivity contribution in [1.29, 1.82) is 0 Å². The van der Waals surface area contributed by atoms with Gasteiger partial charge in [0.15, 0.2) is 11.6 Å². The summed E-state index contributed by atoms with van der Waals surface area (Å²) in [5.74, 6) is -4.89. The van der Waals surface area contributed by atoms with Crippen molar-refractivity contribution in [1.82, 2.24) is 0 Å². The lowest BCUT2D eigenvalue weighted by molar-refractivity contribution is -0.124. The molecule has 0 radical (unpaired) electrons. The van der Waals surface area contributed by atoms with E-state index in [1.54, 1.807) is 62.6 Å². The third kappa shape index (κ3) is 3.48. The van der Waals surface area contributed by atoms with Gasteiger partial charge in [-0.1, -0.05) is 55.5 Å². The molecular weight excluding hydrogens is 440 g/mol. The van der Waals surface area contributed by atoms with Gasteiger partial charge in [0.25, 0.3) is 0 Å². The fourth-order valence-electron chi connectivity index (χ4n) is 5.35. The second kappa shape index (κ2) is 8.62. The number of fused-ring (bicyclic) bond motifs is 2. The minimum absolute atomic E-state index is 0.365. The van der Waals surface area contributed by atoms with Crippen molar-refractivity contribution in [3.63, 3.8) is 0 Å². The lowest BCUT2D eigenvalue weighted by Gasteiger charge is -2.40. The van der Waals surface area contributed by atoms with Crippen LogP contribution < -0.4 is 9.80 Å². The summed E-state index contributed by atoms with van der Waals surface area (Å²) in [7, 11) is 3.26. The van der Waals surface area contributed by atoms with Crippen LogP contribution in [-0.4, -0.2) is 37.5 Å². The Morgan fingerprint density at radius 2 is 1.09 bits per heavy atom. The van der Waals surface area contributed by atoms with Crippen LogP contribution >= 0.6 is 0 Å². The Labute approximate surface area is 204 Å². The second-order valence-electron chi connectivity index (χ2n) is 9.13. The molecule has 176 valence electrons. The molecule has 2 aliphatic rings. The summed E-state index contributed by atoms with van der Waals surface area (Å²) < 4.78 is 0. The maximum Gasteiger partial charge on any atom is 0.238 e. The molecule has 0 saturated heterocycles. The lowest BCUT2D eigenvalue weighted by atomic mass is 9.68. The Morgan fingerprint density at radius 1 is 0.657 bits per heavy atom. The molecule has 5 rings (SSSR count). The van der Waals surface area contributed by atoms with E-state index < -0.39 is 29.6 Å².